The van der Waals surface area contributed by atoms with Gasteiger partial charge in [0, 0.05) is 49.4 Å². The van der Waals surface area contributed by atoms with Gasteiger partial charge in [0.05, 0.1) is 39.0 Å². The summed E-state index contributed by atoms with van der Waals surface area (Å²) in [6.45, 7) is 0. The molecule has 0 radical (unpaired) electrons. The third-order valence-electron chi connectivity index (χ3n) is 13.6. The molecule has 5 nitrogen and oxygen atoms in total. The van der Waals surface area contributed by atoms with E-state index in [1.165, 1.54) is 12.1 Å². The van der Waals surface area contributed by atoms with E-state index in [0.29, 0.717) is 39.9 Å². The van der Waals surface area contributed by atoms with Crippen molar-refractivity contribution in [3.8, 4) is 78.9 Å². The smallest absolute Gasteiger partial charge is 0.309 e. The zero-order valence-corrected chi connectivity index (χ0v) is 38.5. The molecular formula is C64H40F3N5. The normalized spacial score (nSPS) is 11.8. The lowest BCUT2D eigenvalue weighted by atomic mass is 9.96. The molecule has 13 rings (SSSR count). The molecule has 8 heteroatoms. The third kappa shape index (κ3) is 7.40. The van der Waals surface area contributed by atoms with E-state index in [1.807, 2.05) is 162 Å². The van der Waals surface area contributed by atoms with Crippen LogP contribution >= 0.6 is 0 Å². The number of para-hydroxylation sites is 2. The summed E-state index contributed by atoms with van der Waals surface area (Å²) >= 11 is 0. The van der Waals surface area contributed by atoms with Crippen molar-refractivity contribution >= 4 is 43.6 Å². The predicted octanol–water partition coefficient (Wildman–Crippen LogP) is 17.1. The largest absolute Gasteiger partial charge is 0.416 e. The first kappa shape index (κ1) is 42.7. The van der Waals surface area contributed by atoms with Crippen LogP contribution in [-0.4, -0.2) is 24.1 Å². The Morgan fingerprint density at radius 1 is 0.278 bits per heavy atom. The van der Waals surface area contributed by atoms with Gasteiger partial charge in [0.25, 0.3) is 0 Å². The molecule has 0 unspecified atom stereocenters. The van der Waals surface area contributed by atoms with Crippen molar-refractivity contribution in [1.82, 2.24) is 24.1 Å². The quantitative estimate of drug-likeness (QED) is 0.153. The summed E-state index contributed by atoms with van der Waals surface area (Å²) in [6, 6.07) is 79.1. The van der Waals surface area contributed by atoms with Gasteiger partial charge in [-0.25, -0.2) is 15.0 Å². The number of benzene rings is 10. The molecule has 0 N–H and O–H groups in total. The summed E-state index contributed by atoms with van der Waals surface area (Å²) in [5.74, 6) is 1.41. The SMILES string of the molecule is FC(F)(F)c1ccc(-c2cc(-c3nc(-c4ccccc4)nc(-c4ccccc4)n3)ccc2-n2c3ccccc3c3cc(-c4ccccc4)ccc32)c(-n2c3ccccc3c3cc(-c4ccccc4)ccc32)c1. The Balaban J connectivity index is 1.12. The van der Waals surface area contributed by atoms with Gasteiger partial charge in [0.2, 0.25) is 0 Å². The average Bonchev–Trinajstić information content (AvgIpc) is 3.95. The van der Waals surface area contributed by atoms with Crippen LogP contribution in [0.4, 0.5) is 13.2 Å². The zero-order valence-electron chi connectivity index (χ0n) is 38.5. The molecule has 0 saturated heterocycles. The van der Waals surface area contributed by atoms with Gasteiger partial charge in [-0.1, -0.05) is 176 Å². The number of aromatic nitrogens is 5. The molecule has 0 spiro atoms. The maximum Gasteiger partial charge on any atom is 0.416 e. The molecule has 0 saturated carbocycles. The van der Waals surface area contributed by atoms with Gasteiger partial charge in [-0.3, -0.25) is 0 Å². The van der Waals surface area contributed by atoms with Gasteiger partial charge < -0.3 is 9.13 Å². The summed E-state index contributed by atoms with van der Waals surface area (Å²) in [7, 11) is 0. The van der Waals surface area contributed by atoms with Crippen LogP contribution in [0.3, 0.4) is 0 Å². The highest BCUT2D eigenvalue weighted by Gasteiger charge is 2.32. The minimum atomic E-state index is -4.63. The van der Waals surface area contributed by atoms with Crippen LogP contribution in [0.5, 0.6) is 0 Å². The van der Waals surface area contributed by atoms with E-state index < -0.39 is 11.7 Å². The van der Waals surface area contributed by atoms with Crippen LogP contribution in [0.25, 0.3) is 123 Å². The summed E-state index contributed by atoms with van der Waals surface area (Å²) in [5.41, 5.74) is 11.6. The van der Waals surface area contributed by atoms with Gasteiger partial charge in [-0.15, -0.1) is 0 Å². The Labute approximate surface area is 412 Å². The van der Waals surface area contributed by atoms with E-state index in [-0.39, 0.29) is 0 Å². The topological polar surface area (TPSA) is 48.5 Å². The fourth-order valence-electron chi connectivity index (χ4n) is 10.2. The van der Waals surface area contributed by atoms with Crippen LogP contribution < -0.4 is 0 Å². The molecule has 10 aromatic carbocycles. The van der Waals surface area contributed by atoms with Crippen molar-refractivity contribution in [2.75, 3.05) is 0 Å². The van der Waals surface area contributed by atoms with Crippen molar-refractivity contribution in [3.05, 3.63) is 248 Å². The predicted molar refractivity (Wildman–Crippen MR) is 286 cm³/mol. The maximum atomic E-state index is 15.2. The number of hydrogen-bond donors (Lipinski definition) is 0. The van der Waals surface area contributed by atoms with Crippen molar-refractivity contribution in [2.45, 2.75) is 6.18 Å². The van der Waals surface area contributed by atoms with Gasteiger partial charge >= 0.3 is 6.18 Å². The third-order valence-corrected chi connectivity index (χ3v) is 13.6. The molecule has 0 aliphatic heterocycles. The first-order valence-electron chi connectivity index (χ1n) is 23.7. The standard InChI is InChI=1S/C64H40F3N5/c65-64(66,67)48-32-33-51(60(40-48)72-56-28-16-14-26-50(56)53-38-46(30-35-59(53)72)42-19-7-2-8-20-42)54-39-47(63-69-61(43-21-9-3-10-22-43)68-62(70-63)44-23-11-4-12-24-44)31-36-58(54)71-55-27-15-13-25-49(55)52-37-45(29-34-57(52)71)41-17-5-1-6-18-41/h1-40H. The molecule has 13 aromatic rings. The fourth-order valence-corrected chi connectivity index (χ4v) is 10.2. The number of nitrogens with zero attached hydrogens (tertiary/aromatic N) is 5. The highest BCUT2D eigenvalue weighted by Crippen LogP contribution is 2.45. The molecule has 72 heavy (non-hydrogen) atoms. The Morgan fingerprint density at radius 3 is 1.17 bits per heavy atom. The van der Waals surface area contributed by atoms with Crippen molar-refractivity contribution in [1.29, 1.82) is 0 Å². The van der Waals surface area contributed by atoms with Crippen LogP contribution in [-0.2, 0) is 6.18 Å². The second-order valence-electron chi connectivity index (χ2n) is 17.9. The molecule has 0 amide bonds. The second kappa shape index (κ2) is 17.2. The van der Waals surface area contributed by atoms with Crippen molar-refractivity contribution < 1.29 is 13.2 Å². The van der Waals surface area contributed by atoms with Crippen LogP contribution in [0.15, 0.2) is 243 Å². The van der Waals surface area contributed by atoms with E-state index in [2.05, 4.69) is 71.3 Å². The number of hydrogen-bond acceptors (Lipinski definition) is 3. The summed E-state index contributed by atoms with van der Waals surface area (Å²) in [5, 5.41) is 3.94. The fraction of sp³-hybridized carbons (Fsp3) is 0.0156. The molecule has 0 aliphatic carbocycles. The first-order valence-corrected chi connectivity index (χ1v) is 23.7. The second-order valence-corrected chi connectivity index (χ2v) is 17.9. The first-order chi connectivity index (χ1) is 35.3. The van der Waals surface area contributed by atoms with Crippen LogP contribution in [0.2, 0.25) is 0 Å². The summed E-state index contributed by atoms with van der Waals surface area (Å²) < 4.78 is 49.9. The molecule has 3 heterocycles. The molecular weight excluding hydrogens is 896 g/mol. The average molecular weight is 936 g/mol. The van der Waals surface area contributed by atoms with Gasteiger partial charge in [0.1, 0.15) is 0 Å². The van der Waals surface area contributed by atoms with E-state index >= 15 is 13.2 Å². The number of halogens is 3. The Hall–Kier alpha value is -9.40. The molecule has 0 aliphatic rings. The monoisotopic (exact) mass is 935 g/mol. The minimum Gasteiger partial charge on any atom is -0.309 e. The van der Waals surface area contributed by atoms with E-state index in [9.17, 15) is 0 Å². The Bertz CT molecular complexity index is 4130. The molecule has 342 valence electrons. The van der Waals surface area contributed by atoms with Crippen LogP contribution in [0.1, 0.15) is 5.56 Å². The Kier molecular flexibility index (Phi) is 10.2. The van der Waals surface area contributed by atoms with Crippen LogP contribution in [0, 0.1) is 0 Å². The lowest BCUT2D eigenvalue weighted by Gasteiger charge is -2.21. The van der Waals surface area contributed by atoms with Gasteiger partial charge in [-0.2, -0.15) is 13.2 Å². The molecule has 0 atom stereocenters. The summed E-state index contributed by atoms with van der Waals surface area (Å²) in [4.78, 5) is 15.2. The van der Waals surface area contributed by atoms with Crippen molar-refractivity contribution in [2.24, 2.45) is 0 Å². The zero-order chi connectivity index (χ0) is 48.3. The lowest BCUT2D eigenvalue weighted by molar-refractivity contribution is -0.137. The van der Waals surface area contributed by atoms with E-state index in [0.717, 1.165) is 82.7 Å². The Morgan fingerprint density at radius 2 is 0.681 bits per heavy atom. The number of rotatable bonds is 8. The molecule has 0 bridgehead atoms. The van der Waals surface area contributed by atoms with Gasteiger partial charge in [-0.05, 0) is 89.0 Å². The maximum absolute atomic E-state index is 15.2. The van der Waals surface area contributed by atoms with E-state index in [4.69, 9.17) is 15.0 Å². The molecule has 0 fully saturated rings. The van der Waals surface area contributed by atoms with Gasteiger partial charge in [0.15, 0.2) is 17.5 Å². The molecule has 3 aromatic heterocycles. The lowest BCUT2D eigenvalue weighted by Crippen LogP contribution is -2.08. The summed E-state index contributed by atoms with van der Waals surface area (Å²) in [6.07, 6.45) is -4.63. The number of fused-ring (bicyclic) bond motifs is 6. The number of alkyl halides is 3. The highest BCUT2D eigenvalue weighted by atomic mass is 19.4. The highest BCUT2D eigenvalue weighted by molar-refractivity contribution is 6.13. The van der Waals surface area contributed by atoms with E-state index in [1.54, 1.807) is 6.07 Å². The minimum absolute atomic E-state index is 0.375. The van der Waals surface area contributed by atoms with Crippen molar-refractivity contribution in [3.63, 3.8) is 0 Å².